The summed E-state index contributed by atoms with van der Waals surface area (Å²) in [5.74, 6) is -20.0. The Hall–Kier alpha value is -2.05. The van der Waals surface area contributed by atoms with Gasteiger partial charge in [0.25, 0.3) is 0 Å². The molecular formula is C12H6F8N2O2S. The van der Waals surface area contributed by atoms with Crippen LogP contribution in [0.3, 0.4) is 0 Å². The number of alkyl halides is 8. The van der Waals surface area contributed by atoms with Crippen LogP contribution in [-0.2, 0) is 4.74 Å². The Labute approximate surface area is 137 Å². The fourth-order valence-electron chi connectivity index (χ4n) is 1.67. The molecule has 0 bridgehead atoms. The van der Waals surface area contributed by atoms with Crippen LogP contribution < -0.4 is 0 Å². The van der Waals surface area contributed by atoms with Gasteiger partial charge in [0.2, 0.25) is 0 Å². The molecule has 0 unspecified atom stereocenters. The van der Waals surface area contributed by atoms with Crippen molar-refractivity contribution >= 4 is 27.7 Å². The molecule has 25 heavy (non-hydrogen) atoms. The zero-order valence-electron chi connectivity index (χ0n) is 11.7. The SMILES string of the molecule is O=C(OCC(F)(F)C(F)(F)C(F)(F)C(F)F)c1cccc2nnsc12. The highest BCUT2D eigenvalue weighted by molar-refractivity contribution is 7.13. The van der Waals surface area contributed by atoms with Crippen LogP contribution in [0, 0.1) is 0 Å². The highest BCUT2D eigenvalue weighted by Gasteiger charge is 2.75. The summed E-state index contributed by atoms with van der Waals surface area (Å²) in [5.41, 5.74) is -0.187. The molecule has 4 nitrogen and oxygen atoms in total. The number of carbonyl (C=O) groups is 1. The molecule has 0 fully saturated rings. The van der Waals surface area contributed by atoms with Gasteiger partial charge in [-0.25, -0.2) is 13.6 Å². The third-order valence-electron chi connectivity index (χ3n) is 3.03. The predicted molar refractivity (Wildman–Crippen MR) is 68.5 cm³/mol. The number of hydrogen-bond donors (Lipinski definition) is 0. The van der Waals surface area contributed by atoms with Crippen LogP contribution >= 0.6 is 11.5 Å². The predicted octanol–water partition coefficient (Wildman–Crippen LogP) is 4.02. The molecule has 0 aliphatic heterocycles. The standard InChI is InChI=1S/C12H6F8N2O2S/c13-9(14)11(17,18)12(19,20)10(15,16)4-24-8(23)5-2-1-3-6-7(5)25-22-21-6/h1-3,9H,4H2. The van der Waals surface area contributed by atoms with Gasteiger partial charge in [0.05, 0.1) is 10.3 Å². The maximum atomic E-state index is 13.3. The van der Waals surface area contributed by atoms with Gasteiger partial charge >= 0.3 is 30.2 Å². The van der Waals surface area contributed by atoms with E-state index in [0.717, 1.165) is 6.07 Å². The maximum absolute atomic E-state index is 13.3. The lowest BCUT2D eigenvalue weighted by Gasteiger charge is -2.31. The van der Waals surface area contributed by atoms with Gasteiger partial charge < -0.3 is 4.74 Å². The van der Waals surface area contributed by atoms with E-state index in [1.807, 2.05) is 0 Å². The molecule has 1 heterocycles. The number of carbonyl (C=O) groups excluding carboxylic acids is 1. The zero-order valence-corrected chi connectivity index (χ0v) is 12.5. The summed E-state index contributed by atoms with van der Waals surface area (Å²) >= 11 is 0.673. The lowest BCUT2D eigenvalue weighted by molar-refractivity contribution is -0.343. The van der Waals surface area contributed by atoms with Crippen LogP contribution in [-0.4, -0.2) is 46.4 Å². The fourth-order valence-corrected chi connectivity index (χ4v) is 2.33. The monoisotopic (exact) mass is 394 g/mol. The number of benzene rings is 1. The molecule has 0 spiro atoms. The number of nitrogens with zero attached hydrogens (tertiary/aromatic N) is 2. The molecule has 1 aromatic carbocycles. The second-order valence-electron chi connectivity index (χ2n) is 4.71. The summed E-state index contributed by atoms with van der Waals surface area (Å²) in [6.07, 6.45) is -5.04. The molecule has 2 rings (SSSR count). The van der Waals surface area contributed by atoms with Crippen molar-refractivity contribution in [2.45, 2.75) is 24.2 Å². The first-order chi connectivity index (χ1) is 11.4. The van der Waals surface area contributed by atoms with E-state index in [4.69, 9.17) is 0 Å². The summed E-state index contributed by atoms with van der Waals surface area (Å²) in [6.45, 7) is -2.52. The fraction of sp³-hybridized carbons (Fsp3) is 0.417. The van der Waals surface area contributed by atoms with Crippen molar-refractivity contribution in [2.24, 2.45) is 0 Å². The molecule has 0 aliphatic carbocycles. The third kappa shape index (κ3) is 3.24. The molecule has 0 atom stereocenters. The van der Waals surface area contributed by atoms with Crippen LogP contribution in [0.15, 0.2) is 18.2 Å². The number of halogens is 8. The first kappa shape index (κ1) is 19.3. The molecule has 0 saturated heterocycles. The second-order valence-corrected chi connectivity index (χ2v) is 5.46. The Morgan fingerprint density at radius 2 is 1.80 bits per heavy atom. The van der Waals surface area contributed by atoms with Gasteiger partial charge in [-0.05, 0) is 23.7 Å². The van der Waals surface area contributed by atoms with E-state index in [-0.39, 0.29) is 15.8 Å². The van der Waals surface area contributed by atoms with E-state index >= 15 is 0 Å². The van der Waals surface area contributed by atoms with Crippen molar-refractivity contribution in [1.82, 2.24) is 9.59 Å². The van der Waals surface area contributed by atoms with Gasteiger partial charge in [-0.15, -0.1) is 5.10 Å². The zero-order chi connectivity index (χ0) is 19.0. The maximum Gasteiger partial charge on any atom is 0.381 e. The van der Waals surface area contributed by atoms with E-state index in [0.29, 0.717) is 11.5 Å². The Morgan fingerprint density at radius 3 is 2.40 bits per heavy atom. The van der Waals surface area contributed by atoms with Gasteiger partial charge in [-0.1, -0.05) is 10.6 Å². The molecule has 0 radical (unpaired) electrons. The van der Waals surface area contributed by atoms with Crippen molar-refractivity contribution in [3.05, 3.63) is 23.8 Å². The summed E-state index contributed by atoms with van der Waals surface area (Å²) in [7, 11) is 0. The van der Waals surface area contributed by atoms with Gasteiger partial charge in [0, 0.05) is 0 Å². The molecule has 0 aliphatic rings. The second kappa shape index (κ2) is 6.35. The van der Waals surface area contributed by atoms with Crippen molar-refractivity contribution in [2.75, 3.05) is 6.61 Å². The smallest absolute Gasteiger partial charge is 0.381 e. The lowest BCUT2D eigenvalue weighted by Crippen LogP contribution is -2.59. The minimum atomic E-state index is -6.44. The van der Waals surface area contributed by atoms with Crippen LogP contribution in [0.4, 0.5) is 35.1 Å². The Balaban J connectivity index is 2.19. The molecule has 1 aromatic heterocycles. The highest BCUT2D eigenvalue weighted by atomic mass is 32.1. The van der Waals surface area contributed by atoms with Gasteiger partial charge in [0.15, 0.2) is 6.61 Å². The van der Waals surface area contributed by atoms with Gasteiger partial charge in [-0.2, -0.15) is 26.3 Å². The molecule has 2 aromatic rings. The number of ether oxygens (including phenoxy) is 1. The first-order valence-electron chi connectivity index (χ1n) is 6.21. The largest absolute Gasteiger partial charge is 0.455 e. The van der Waals surface area contributed by atoms with E-state index < -0.39 is 36.8 Å². The van der Waals surface area contributed by atoms with Crippen LogP contribution in [0.1, 0.15) is 10.4 Å². The molecule has 0 N–H and O–H groups in total. The Morgan fingerprint density at radius 1 is 1.16 bits per heavy atom. The number of fused-ring (bicyclic) bond motifs is 1. The van der Waals surface area contributed by atoms with Crippen molar-refractivity contribution in [1.29, 1.82) is 0 Å². The molecule has 0 amide bonds. The van der Waals surface area contributed by atoms with Crippen LogP contribution in [0.5, 0.6) is 0 Å². The number of esters is 1. The topological polar surface area (TPSA) is 52.1 Å². The lowest BCUT2D eigenvalue weighted by atomic mass is 10.1. The number of hydrogen-bond acceptors (Lipinski definition) is 5. The third-order valence-corrected chi connectivity index (χ3v) is 3.81. The van der Waals surface area contributed by atoms with E-state index in [1.54, 1.807) is 0 Å². The summed E-state index contributed by atoms with van der Waals surface area (Å²) in [6, 6.07) is 3.74. The first-order valence-corrected chi connectivity index (χ1v) is 6.99. The van der Waals surface area contributed by atoms with E-state index in [2.05, 4.69) is 14.3 Å². The molecule has 138 valence electrons. The quantitative estimate of drug-likeness (QED) is 0.549. The van der Waals surface area contributed by atoms with E-state index in [9.17, 15) is 39.9 Å². The summed E-state index contributed by atoms with van der Waals surface area (Å²) in [5, 5.41) is 3.57. The summed E-state index contributed by atoms with van der Waals surface area (Å²) < 4.78 is 110. The van der Waals surface area contributed by atoms with Crippen LogP contribution in [0.2, 0.25) is 0 Å². The minimum absolute atomic E-state index is 0.0838. The van der Waals surface area contributed by atoms with Crippen molar-refractivity contribution in [3.8, 4) is 0 Å². The normalized spacial score (nSPS) is 13.5. The van der Waals surface area contributed by atoms with Crippen molar-refractivity contribution in [3.63, 3.8) is 0 Å². The minimum Gasteiger partial charge on any atom is -0.455 e. The molecule has 13 heteroatoms. The molecular weight excluding hydrogens is 388 g/mol. The highest BCUT2D eigenvalue weighted by Crippen LogP contribution is 2.48. The Kier molecular flexibility index (Phi) is 4.90. The number of rotatable bonds is 6. The summed E-state index contributed by atoms with van der Waals surface area (Å²) in [4.78, 5) is 11.7. The average molecular weight is 394 g/mol. The van der Waals surface area contributed by atoms with Crippen molar-refractivity contribution < 1.29 is 44.7 Å². The number of aromatic nitrogens is 2. The van der Waals surface area contributed by atoms with E-state index in [1.165, 1.54) is 12.1 Å². The average Bonchev–Trinajstić information content (AvgIpc) is 3.00. The van der Waals surface area contributed by atoms with Crippen LogP contribution in [0.25, 0.3) is 10.2 Å². The van der Waals surface area contributed by atoms with Gasteiger partial charge in [-0.3, -0.25) is 0 Å². The molecule has 0 saturated carbocycles. The van der Waals surface area contributed by atoms with Gasteiger partial charge in [0.1, 0.15) is 5.52 Å². The Bertz CT molecular complexity index is 779.